The van der Waals surface area contributed by atoms with E-state index in [2.05, 4.69) is 23.8 Å². The number of benzene rings is 1. The van der Waals surface area contributed by atoms with Gasteiger partial charge in [0.25, 0.3) is 5.91 Å². The second kappa shape index (κ2) is 6.97. The fraction of sp³-hybridized carbons (Fsp3) is 0.500. The summed E-state index contributed by atoms with van der Waals surface area (Å²) in [6.07, 6.45) is 3.12. The maximum Gasteiger partial charge on any atom is 0.253 e. The van der Waals surface area contributed by atoms with E-state index in [1.54, 1.807) is 12.0 Å². The number of nitrogens with zero attached hydrogens (tertiary/aromatic N) is 2. The first-order chi connectivity index (χ1) is 10.5. The van der Waals surface area contributed by atoms with Crippen molar-refractivity contribution in [1.82, 2.24) is 9.47 Å². The van der Waals surface area contributed by atoms with E-state index in [9.17, 15) is 4.79 Å². The van der Waals surface area contributed by atoms with Gasteiger partial charge >= 0.3 is 0 Å². The van der Waals surface area contributed by atoms with Crippen LogP contribution < -0.4 is 0 Å². The summed E-state index contributed by atoms with van der Waals surface area (Å²) in [5.41, 5.74) is 3.11. The first-order valence-corrected chi connectivity index (χ1v) is 7.81. The Labute approximate surface area is 132 Å². The molecule has 2 rings (SSSR count). The molecule has 1 heterocycles. The van der Waals surface area contributed by atoms with Gasteiger partial charge in [-0.15, -0.1) is 0 Å². The van der Waals surface area contributed by atoms with Crippen LogP contribution in [0, 0.1) is 6.92 Å². The lowest BCUT2D eigenvalue weighted by Gasteiger charge is -2.21. The highest BCUT2D eigenvalue weighted by molar-refractivity contribution is 5.98. The van der Waals surface area contributed by atoms with Crippen molar-refractivity contribution in [3.63, 3.8) is 0 Å². The van der Waals surface area contributed by atoms with Crippen molar-refractivity contribution in [3.8, 4) is 0 Å². The lowest BCUT2D eigenvalue weighted by Crippen LogP contribution is -2.32. The van der Waals surface area contributed by atoms with Gasteiger partial charge in [0.15, 0.2) is 0 Å². The molecule has 0 N–H and O–H groups in total. The normalized spacial score (nSPS) is 11.4. The SMILES string of the molecule is COCCCn1cc(C)c2ccc(C(=O)N(C)C(C)C)cc21. The molecule has 0 radical (unpaired) electrons. The molecular weight excluding hydrogens is 276 g/mol. The minimum atomic E-state index is 0.0687. The van der Waals surface area contributed by atoms with E-state index in [0.717, 1.165) is 30.7 Å². The van der Waals surface area contributed by atoms with Gasteiger partial charge in [-0.25, -0.2) is 0 Å². The molecule has 0 unspecified atom stereocenters. The molecule has 0 bridgehead atoms. The monoisotopic (exact) mass is 302 g/mol. The number of hydrogen-bond acceptors (Lipinski definition) is 2. The van der Waals surface area contributed by atoms with Gasteiger partial charge in [-0.05, 0) is 44.9 Å². The third-order valence-corrected chi connectivity index (χ3v) is 4.17. The van der Waals surface area contributed by atoms with Crippen LogP contribution in [0.3, 0.4) is 0 Å². The highest BCUT2D eigenvalue weighted by Crippen LogP contribution is 2.23. The number of carbonyl (C=O) groups is 1. The van der Waals surface area contributed by atoms with E-state index >= 15 is 0 Å². The van der Waals surface area contributed by atoms with Crippen LogP contribution in [0.4, 0.5) is 0 Å². The quantitative estimate of drug-likeness (QED) is 0.766. The molecule has 0 atom stereocenters. The largest absolute Gasteiger partial charge is 0.385 e. The topological polar surface area (TPSA) is 34.5 Å². The van der Waals surface area contributed by atoms with Crippen LogP contribution in [0.25, 0.3) is 10.9 Å². The summed E-state index contributed by atoms with van der Waals surface area (Å²) in [5.74, 6) is 0.0687. The van der Waals surface area contributed by atoms with Crippen molar-refractivity contribution in [3.05, 3.63) is 35.5 Å². The molecule has 120 valence electrons. The fourth-order valence-corrected chi connectivity index (χ4v) is 2.61. The van der Waals surface area contributed by atoms with E-state index in [4.69, 9.17) is 4.74 Å². The van der Waals surface area contributed by atoms with Crippen LogP contribution in [-0.4, -0.2) is 42.2 Å². The van der Waals surface area contributed by atoms with Crippen LogP contribution in [0.2, 0.25) is 0 Å². The van der Waals surface area contributed by atoms with Gasteiger partial charge < -0.3 is 14.2 Å². The third-order valence-electron chi connectivity index (χ3n) is 4.17. The second-order valence-electron chi connectivity index (χ2n) is 6.09. The van der Waals surface area contributed by atoms with Crippen LogP contribution >= 0.6 is 0 Å². The van der Waals surface area contributed by atoms with Gasteiger partial charge in [0.1, 0.15) is 0 Å². The maximum absolute atomic E-state index is 12.5. The predicted octanol–water partition coefficient (Wildman–Crippen LogP) is 3.47. The van der Waals surface area contributed by atoms with Crippen molar-refractivity contribution >= 4 is 16.8 Å². The highest BCUT2D eigenvalue weighted by Gasteiger charge is 2.16. The van der Waals surface area contributed by atoms with Gasteiger partial charge in [0.2, 0.25) is 0 Å². The molecule has 1 amide bonds. The van der Waals surface area contributed by atoms with E-state index in [1.807, 2.05) is 33.0 Å². The fourth-order valence-electron chi connectivity index (χ4n) is 2.61. The van der Waals surface area contributed by atoms with Crippen molar-refractivity contribution < 1.29 is 9.53 Å². The number of hydrogen-bond donors (Lipinski definition) is 0. The Balaban J connectivity index is 2.35. The molecule has 4 nitrogen and oxygen atoms in total. The van der Waals surface area contributed by atoms with Gasteiger partial charge in [-0.3, -0.25) is 4.79 Å². The molecule has 0 saturated heterocycles. The summed E-state index contributed by atoms with van der Waals surface area (Å²) in [6, 6.07) is 6.18. The van der Waals surface area contributed by atoms with Crippen LogP contribution in [0.15, 0.2) is 24.4 Å². The molecule has 22 heavy (non-hydrogen) atoms. The molecule has 2 aromatic rings. The predicted molar refractivity (Wildman–Crippen MR) is 90.4 cm³/mol. The third kappa shape index (κ3) is 3.33. The van der Waals surface area contributed by atoms with Gasteiger partial charge in [0.05, 0.1) is 0 Å². The van der Waals surface area contributed by atoms with Crippen LogP contribution in [0.1, 0.15) is 36.2 Å². The zero-order valence-electron chi connectivity index (χ0n) is 14.2. The Hall–Kier alpha value is -1.81. The summed E-state index contributed by atoms with van der Waals surface area (Å²) in [4.78, 5) is 14.3. The molecule has 1 aromatic carbocycles. The van der Waals surface area contributed by atoms with Gasteiger partial charge in [-0.1, -0.05) is 6.07 Å². The summed E-state index contributed by atoms with van der Waals surface area (Å²) >= 11 is 0. The van der Waals surface area contributed by atoms with Crippen molar-refractivity contribution in [1.29, 1.82) is 0 Å². The molecule has 0 aliphatic heterocycles. The summed E-state index contributed by atoms with van der Waals surface area (Å²) < 4.78 is 7.35. The number of aromatic nitrogens is 1. The first kappa shape index (κ1) is 16.6. The lowest BCUT2D eigenvalue weighted by atomic mass is 10.1. The average molecular weight is 302 g/mol. The summed E-state index contributed by atoms with van der Waals surface area (Å²) in [5, 5.41) is 1.21. The Morgan fingerprint density at radius 3 is 2.73 bits per heavy atom. The molecular formula is C18H26N2O2. The van der Waals surface area contributed by atoms with Gasteiger partial charge in [0, 0.05) is 56.0 Å². The summed E-state index contributed by atoms with van der Waals surface area (Å²) in [6.45, 7) is 7.79. The zero-order chi connectivity index (χ0) is 16.3. The lowest BCUT2D eigenvalue weighted by molar-refractivity contribution is 0.0755. The Kier molecular flexibility index (Phi) is 5.24. The maximum atomic E-state index is 12.5. The van der Waals surface area contributed by atoms with E-state index in [1.165, 1.54) is 10.9 Å². The molecule has 1 aromatic heterocycles. The standard InChI is InChI=1S/C18H26N2O2/c1-13(2)19(4)18(21)15-7-8-16-14(3)12-20(17(16)11-15)9-6-10-22-5/h7-8,11-13H,6,9-10H2,1-5H3. The van der Waals surface area contributed by atoms with Crippen molar-refractivity contribution in [2.24, 2.45) is 0 Å². The van der Waals surface area contributed by atoms with Crippen molar-refractivity contribution in [2.75, 3.05) is 20.8 Å². The number of carbonyl (C=O) groups excluding carboxylic acids is 1. The number of amides is 1. The minimum absolute atomic E-state index is 0.0687. The Morgan fingerprint density at radius 2 is 2.09 bits per heavy atom. The number of aryl methyl sites for hydroxylation is 2. The minimum Gasteiger partial charge on any atom is -0.385 e. The van der Waals surface area contributed by atoms with Crippen LogP contribution in [-0.2, 0) is 11.3 Å². The molecule has 0 fully saturated rings. The average Bonchev–Trinajstić information content (AvgIpc) is 2.82. The zero-order valence-corrected chi connectivity index (χ0v) is 14.2. The number of methoxy groups -OCH3 is 1. The van der Waals surface area contributed by atoms with Crippen molar-refractivity contribution in [2.45, 2.75) is 39.8 Å². The van der Waals surface area contributed by atoms with Gasteiger partial charge in [-0.2, -0.15) is 0 Å². The Bertz CT molecular complexity index is 658. The van der Waals surface area contributed by atoms with E-state index in [-0.39, 0.29) is 11.9 Å². The highest BCUT2D eigenvalue weighted by atomic mass is 16.5. The Morgan fingerprint density at radius 1 is 1.36 bits per heavy atom. The molecule has 4 heteroatoms. The first-order valence-electron chi connectivity index (χ1n) is 7.81. The van der Waals surface area contributed by atoms with Crippen LogP contribution in [0.5, 0.6) is 0 Å². The van der Waals surface area contributed by atoms with E-state index in [0.29, 0.717) is 0 Å². The number of fused-ring (bicyclic) bond motifs is 1. The smallest absolute Gasteiger partial charge is 0.253 e. The molecule has 0 aliphatic carbocycles. The molecule has 0 spiro atoms. The molecule has 0 saturated carbocycles. The van der Waals surface area contributed by atoms with E-state index < -0.39 is 0 Å². The summed E-state index contributed by atoms with van der Waals surface area (Å²) in [7, 11) is 3.57. The molecule has 0 aliphatic rings. The second-order valence-corrected chi connectivity index (χ2v) is 6.09. The number of ether oxygens (including phenoxy) is 1. The number of rotatable bonds is 6.